The van der Waals surface area contributed by atoms with Crippen LogP contribution in [0.15, 0.2) is 60.3 Å². The maximum Gasteiger partial charge on any atom is 0.119 e. The molecule has 4 heteroatoms. The molecule has 0 heterocycles. The second-order valence-electron chi connectivity index (χ2n) is 4.76. The molecule has 0 amide bonds. The largest absolute Gasteiger partial charge is 0.497 e. The fraction of sp³-hybridized carbons (Fsp3) is 0.167. The molecule has 22 heavy (non-hydrogen) atoms. The van der Waals surface area contributed by atoms with Gasteiger partial charge in [-0.25, -0.2) is 0 Å². The number of hydrogen-bond acceptors (Lipinski definition) is 4. The van der Waals surface area contributed by atoms with E-state index in [1.807, 2.05) is 61.7 Å². The van der Waals surface area contributed by atoms with Crippen LogP contribution in [0, 0.1) is 0 Å². The average Bonchev–Trinajstić information content (AvgIpc) is 2.59. The zero-order chi connectivity index (χ0) is 15.9. The Balaban J connectivity index is 2.04. The van der Waals surface area contributed by atoms with Crippen LogP contribution >= 0.6 is 12.2 Å². The quantitative estimate of drug-likeness (QED) is 0.485. The molecule has 0 fully saturated rings. The van der Waals surface area contributed by atoms with Gasteiger partial charge in [-0.1, -0.05) is 12.2 Å². The summed E-state index contributed by atoms with van der Waals surface area (Å²) in [6.07, 6.45) is 1.91. The summed E-state index contributed by atoms with van der Waals surface area (Å²) in [6, 6.07) is 15.5. The highest BCUT2D eigenvalue weighted by molar-refractivity contribution is 7.81. The van der Waals surface area contributed by atoms with Crippen LogP contribution < -0.4 is 14.8 Å². The summed E-state index contributed by atoms with van der Waals surface area (Å²) >= 11 is 5.51. The van der Waals surface area contributed by atoms with Gasteiger partial charge >= 0.3 is 0 Å². The van der Waals surface area contributed by atoms with E-state index in [0.717, 1.165) is 33.2 Å². The van der Waals surface area contributed by atoms with E-state index in [1.54, 1.807) is 14.2 Å². The number of thiocarbonyl (C=S) groups is 1. The molecular formula is C18H19NO2S. The topological polar surface area (TPSA) is 30.5 Å². The lowest BCUT2D eigenvalue weighted by molar-refractivity contribution is 0.414. The van der Waals surface area contributed by atoms with Crippen molar-refractivity contribution in [3.63, 3.8) is 0 Å². The second kappa shape index (κ2) is 7.61. The Labute approximate surface area is 136 Å². The molecule has 0 aliphatic heterocycles. The van der Waals surface area contributed by atoms with Gasteiger partial charge < -0.3 is 14.8 Å². The van der Waals surface area contributed by atoms with Crippen molar-refractivity contribution >= 4 is 22.8 Å². The first-order valence-corrected chi connectivity index (χ1v) is 7.31. The summed E-state index contributed by atoms with van der Waals surface area (Å²) in [5, 5.41) is 3.24. The van der Waals surface area contributed by atoms with E-state index in [4.69, 9.17) is 21.7 Å². The van der Waals surface area contributed by atoms with Crippen molar-refractivity contribution in [1.29, 1.82) is 0 Å². The number of hydrogen-bond donors (Lipinski definition) is 1. The fourth-order valence-electron chi connectivity index (χ4n) is 1.91. The third kappa shape index (κ3) is 4.09. The zero-order valence-corrected chi connectivity index (χ0v) is 13.7. The third-order valence-electron chi connectivity index (χ3n) is 3.26. The Kier molecular flexibility index (Phi) is 5.55. The molecule has 0 bridgehead atoms. The Morgan fingerprint density at radius 3 is 1.91 bits per heavy atom. The van der Waals surface area contributed by atoms with E-state index in [-0.39, 0.29) is 0 Å². The lowest BCUT2D eigenvalue weighted by Crippen LogP contribution is -2.01. The molecule has 2 aromatic rings. The van der Waals surface area contributed by atoms with E-state index < -0.39 is 0 Å². The van der Waals surface area contributed by atoms with Crippen LogP contribution in [0.2, 0.25) is 0 Å². The Morgan fingerprint density at radius 2 is 1.41 bits per heavy atom. The molecule has 2 rings (SSSR count). The number of anilines is 1. The van der Waals surface area contributed by atoms with Gasteiger partial charge in [-0.3, -0.25) is 0 Å². The minimum Gasteiger partial charge on any atom is -0.497 e. The smallest absolute Gasteiger partial charge is 0.119 e. The van der Waals surface area contributed by atoms with Gasteiger partial charge in [0.15, 0.2) is 0 Å². The van der Waals surface area contributed by atoms with Gasteiger partial charge in [-0.15, -0.1) is 0 Å². The van der Waals surface area contributed by atoms with Crippen molar-refractivity contribution < 1.29 is 9.47 Å². The van der Waals surface area contributed by atoms with E-state index in [1.165, 1.54) is 0 Å². The minimum atomic E-state index is 0.809. The maximum atomic E-state index is 5.51. The molecule has 2 aromatic carbocycles. The van der Waals surface area contributed by atoms with E-state index in [2.05, 4.69) is 5.32 Å². The van der Waals surface area contributed by atoms with Gasteiger partial charge in [0.1, 0.15) is 11.5 Å². The van der Waals surface area contributed by atoms with Crippen LogP contribution in [-0.4, -0.2) is 19.1 Å². The maximum absolute atomic E-state index is 5.51. The standard InChI is InChI=1S/C18H19NO2S/c1-13(12-19-15-6-10-17(21-3)11-7-15)18(22)14-4-8-16(20-2)9-5-14/h4-12,19H,1-3H3. The van der Waals surface area contributed by atoms with Gasteiger partial charge in [0.2, 0.25) is 0 Å². The van der Waals surface area contributed by atoms with Crippen LogP contribution in [0.5, 0.6) is 11.5 Å². The van der Waals surface area contributed by atoms with Crippen molar-refractivity contribution in [2.75, 3.05) is 19.5 Å². The Hall–Kier alpha value is -2.33. The van der Waals surface area contributed by atoms with Gasteiger partial charge in [-0.05, 0) is 66.6 Å². The summed E-state index contributed by atoms with van der Waals surface area (Å²) in [6.45, 7) is 1.99. The first-order valence-electron chi connectivity index (χ1n) is 6.90. The molecule has 0 aromatic heterocycles. The molecule has 0 spiro atoms. The molecule has 0 saturated carbocycles. The molecule has 0 saturated heterocycles. The molecule has 0 aliphatic rings. The zero-order valence-electron chi connectivity index (χ0n) is 12.9. The van der Waals surface area contributed by atoms with Crippen LogP contribution in [0.1, 0.15) is 12.5 Å². The van der Waals surface area contributed by atoms with E-state index in [0.29, 0.717) is 0 Å². The normalized spacial score (nSPS) is 11.0. The van der Waals surface area contributed by atoms with Crippen molar-refractivity contribution in [3.8, 4) is 11.5 Å². The third-order valence-corrected chi connectivity index (χ3v) is 3.81. The minimum absolute atomic E-state index is 0.809. The van der Waals surface area contributed by atoms with Gasteiger partial charge in [0.05, 0.1) is 14.2 Å². The van der Waals surface area contributed by atoms with Crippen LogP contribution in [0.3, 0.4) is 0 Å². The number of ether oxygens (including phenoxy) is 2. The van der Waals surface area contributed by atoms with Crippen molar-refractivity contribution in [2.24, 2.45) is 0 Å². The van der Waals surface area contributed by atoms with Crippen LogP contribution in [0.25, 0.3) is 0 Å². The highest BCUT2D eigenvalue weighted by Crippen LogP contribution is 2.17. The number of nitrogens with one attached hydrogen (secondary N) is 1. The lowest BCUT2D eigenvalue weighted by atomic mass is 10.1. The van der Waals surface area contributed by atoms with Gasteiger partial charge in [0.25, 0.3) is 0 Å². The van der Waals surface area contributed by atoms with E-state index in [9.17, 15) is 0 Å². The number of methoxy groups -OCH3 is 2. The molecule has 3 nitrogen and oxygen atoms in total. The van der Waals surface area contributed by atoms with Crippen LogP contribution in [-0.2, 0) is 0 Å². The first-order chi connectivity index (χ1) is 10.6. The van der Waals surface area contributed by atoms with Crippen molar-refractivity contribution in [3.05, 3.63) is 65.9 Å². The molecule has 0 unspecified atom stereocenters. The number of allylic oxidation sites excluding steroid dienone is 1. The summed E-state index contributed by atoms with van der Waals surface area (Å²) < 4.78 is 10.3. The Morgan fingerprint density at radius 1 is 0.909 bits per heavy atom. The predicted molar refractivity (Wildman–Crippen MR) is 95.1 cm³/mol. The molecule has 114 valence electrons. The van der Waals surface area contributed by atoms with Gasteiger partial charge in [-0.2, -0.15) is 0 Å². The molecular weight excluding hydrogens is 294 g/mol. The molecule has 0 aliphatic carbocycles. The van der Waals surface area contributed by atoms with E-state index >= 15 is 0 Å². The summed E-state index contributed by atoms with van der Waals surface area (Å²) in [5.41, 5.74) is 2.98. The molecule has 1 N–H and O–H groups in total. The van der Waals surface area contributed by atoms with Crippen LogP contribution in [0.4, 0.5) is 5.69 Å². The number of benzene rings is 2. The highest BCUT2D eigenvalue weighted by atomic mass is 32.1. The predicted octanol–water partition coefficient (Wildman–Crippen LogP) is 4.44. The number of rotatable bonds is 6. The van der Waals surface area contributed by atoms with Gasteiger partial charge in [0, 0.05) is 16.8 Å². The highest BCUT2D eigenvalue weighted by Gasteiger charge is 2.04. The van der Waals surface area contributed by atoms with Crippen molar-refractivity contribution in [1.82, 2.24) is 0 Å². The SMILES string of the molecule is COc1ccc(NC=C(C)C(=S)c2ccc(OC)cc2)cc1. The fourth-order valence-corrected chi connectivity index (χ4v) is 2.11. The first kappa shape index (κ1) is 16.0. The second-order valence-corrected chi connectivity index (χ2v) is 5.17. The summed E-state index contributed by atoms with van der Waals surface area (Å²) in [7, 11) is 3.30. The molecule has 0 radical (unpaired) electrons. The summed E-state index contributed by atoms with van der Waals surface area (Å²) in [4.78, 5) is 0.809. The summed E-state index contributed by atoms with van der Waals surface area (Å²) in [5.74, 6) is 1.66. The monoisotopic (exact) mass is 313 g/mol. The van der Waals surface area contributed by atoms with Crippen molar-refractivity contribution in [2.45, 2.75) is 6.92 Å². The Bertz CT molecular complexity index is 660. The average molecular weight is 313 g/mol. The molecule has 0 atom stereocenters. The lowest BCUT2D eigenvalue weighted by Gasteiger charge is -2.08.